The number of rotatable bonds is 1. The van der Waals surface area contributed by atoms with E-state index in [9.17, 15) is 5.11 Å². The van der Waals surface area contributed by atoms with Crippen molar-refractivity contribution in [3.05, 3.63) is 29.4 Å². The van der Waals surface area contributed by atoms with Crippen molar-refractivity contribution < 1.29 is 5.11 Å². The molecule has 0 spiro atoms. The van der Waals surface area contributed by atoms with Crippen molar-refractivity contribution in [3.63, 3.8) is 0 Å². The Bertz CT molecular complexity index is 467. The Balaban J connectivity index is 2.62. The summed E-state index contributed by atoms with van der Waals surface area (Å²) in [5, 5.41) is 16.6. The summed E-state index contributed by atoms with van der Waals surface area (Å²) in [7, 11) is 0. The fourth-order valence-electron chi connectivity index (χ4n) is 1.22. The summed E-state index contributed by atoms with van der Waals surface area (Å²) >= 11 is 5.80. The molecule has 72 valence electrons. The molecule has 2 rings (SSSR count). The monoisotopic (exact) mass is 209 g/mol. The third-order valence-electron chi connectivity index (χ3n) is 1.90. The summed E-state index contributed by atoms with van der Waals surface area (Å²) in [6.07, 6.45) is 1.48. The van der Waals surface area contributed by atoms with E-state index in [1.165, 1.54) is 12.3 Å². The maximum absolute atomic E-state index is 9.57. The summed E-state index contributed by atoms with van der Waals surface area (Å²) in [5.41, 5.74) is 7.24. The van der Waals surface area contributed by atoms with Crippen LogP contribution < -0.4 is 5.73 Å². The summed E-state index contributed by atoms with van der Waals surface area (Å²) in [5.74, 6) is 0.116. The first-order valence-electron chi connectivity index (χ1n) is 3.96. The van der Waals surface area contributed by atoms with Crippen molar-refractivity contribution in [2.45, 2.75) is 0 Å². The lowest BCUT2D eigenvalue weighted by Crippen LogP contribution is -1.87. The van der Waals surface area contributed by atoms with Crippen LogP contribution in [0.15, 0.2) is 24.4 Å². The number of benzene rings is 1. The molecule has 0 bridgehead atoms. The highest BCUT2D eigenvalue weighted by Crippen LogP contribution is 2.33. The van der Waals surface area contributed by atoms with Gasteiger partial charge in [-0.15, -0.1) is 0 Å². The number of phenolic OH excluding ortho intramolecular Hbond substituents is 1. The van der Waals surface area contributed by atoms with Gasteiger partial charge in [-0.2, -0.15) is 5.10 Å². The quantitative estimate of drug-likeness (QED) is 0.673. The van der Waals surface area contributed by atoms with Gasteiger partial charge >= 0.3 is 0 Å². The predicted molar refractivity (Wildman–Crippen MR) is 55.1 cm³/mol. The van der Waals surface area contributed by atoms with Crippen LogP contribution in [0.1, 0.15) is 0 Å². The molecule has 0 atom stereocenters. The molecular weight excluding hydrogens is 202 g/mol. The number of anilines is 1. The van der Waals surface area contributed by atoms with Gasteiger partial charge in [-0.1, -0.05) is 11.6 Å². The average Bonchev–Trinajstić information content (AvgIpc) is 2.56. The van der Waals surface area contributed by atoms with E-state index >= 15 is 0 Å². The molecule has 0 saturated carbocycles. The minimum atomic E-state index is 0.116. The van der Waals surface area contributed by atoms with E-state index in [1.807, 2.05) is 0 Å². The number of nitrogens with two attached hydrogens (primary N) is 1. The second kappa shape index (κ2) is 3.23. The molecule has 0 aliphatic rings. The van der Waals surface area contributed by atoms with Gasteiger partial charge in [0.25, 0.3) is 0 Å². The number of aromatic nitrogens is 2. The van der Waals surface area contributed by atoms with Crippen LogP contribution in [-0.4, -0.2) is 15.3 Å². The molecule has 0 aliphatic heterocycles. The fourth-order valence-corrected chi connectivity index (χ4v) is 1.39. The number of hydrogen-bond donors (Lipinski definition) is 3. The zero-order valence-corrected chi connectivity index (χ0v) is 7.92. The van der Waals surface area contributed by atoms with Crippen LogP contribution in [0, 0.1) is 0 Å². The molecule has 2 aromatic rings. The van der Waals surface area contributed by atoms with Crippen molar-refractivity contribution in [1.29, 1.82) is 0 Å². The van der Waals surface area contributed by atoms with Gasteiger partial charge in [-0.3, -0.25) is 5.10 Å². The zero-order valence-electron chi connectivity index (χ0n) is 7.16. The van der Waals surface area contributed by atoms with Gasteiger partial charge in [-0.05, 0) is 18.2 Å². The minimum absolute atomic E-state index is 0.116. The molecule has 1 heterocycles. The lowest BCUT2D eigenvalue weighted by Gasteiger charge is -2.03. The van der Waals surface area contributed by atoms with E-state index in [0.717, 1.165) is 0 Å². The zero-order chi connectivity index (χ0) is 10.1. The van der Waals surface area contributed by atoms with Crippen molar-refractivity contribution >= 4 is 17.3 Å². The van der Waals surface area contributed by atoms with Crippen LogP contribution in [0.25, 0.3) is 11.3 Å². The van der Waals surface area contributed by atoms with E-state index in [1.54, 1.807) is 12.1 Å². The van der Waals surface area contributed by atoms with E-state index in [-0.39, 0.29) is 5.75 Å². The van der Waals surface area contributed by atoms with Gasteiger partial charge in [0.15, 0.2) is 0 Å². The van der Waals surface area contributed by atoms with E-state index < -0.39 is 0 Å². The molecule has 0 unspecified atom stereocenters. The normalized spacial score (nSPS) is 10.4. The third kappa shape index (κ3) is 1.40. The number of aromatic amines is 1. The van der Waals surface area contributed by atoms with Crippen molar-refractivity contribution in [2.24, 2.45) is 0 Å². The first-order valence-corrected chi connectivity index (χ1v) is 4.34. The molecule has 0 saturated heterocycles. The third-order valence-corrected chi connectivity index (χ3v) is 2.13. The number of nitrogens with zero attached hydrogens (tertiary/aromatic N) is 1. The molecule has 4 nitrogen and oxygen atoms in total. The van der Waals surface area contributed by atoms with E-state index in [4.69, 9.17) is 17.3 Å². The van der Waals surface area contributed by atoms with Gasteiger partial charge in [0, 0.05) is 10.6 Å². The van der Waals surface area contributed by atoms with Crippen LogP contribution in [0.2, 0.25) is 5.02 Å². The fraction of sp³-hybridized carbons (Fsp3) is 0. The van der Waals surface area contributed by atoms with Gasteiger partial charge < -0.3 is 10.8 Å². The van der Waals surface area contributed by atoms with Crippen LogP contribution in [0.4, 0.5) is 5.69 Å². The first-order chi connectivity index (χ1) is 6.68. The lowest BCUT2D eigenvalue weighted by molar-refractivity contribution is 0.477. The summed E-state index contributed by atoms with van der Waals surface area (Å²) in [4.78, 5) is 0. The molecule has 0 amide bonds. The van der Waals surface area contributed by atoms with E-state index in [0.29, 0.717) is 22.0 Å². The number of aromatic hydroxyl groups is 1. The Morgan fingerprint density at radius 3 is 2.86 bits per heavy atom. The van der Waals surface area contributed by atoms with Crippen LogP contribution >= 0.6 is 11.6 Å². The number of nitrogens with one attached hydrogen (secondary N) is 1. The lowest BCUT2D eigenvalue weighted by atomic mass is 10.1. The smallest absolute Gasteiger partial charge is 0.125 e. The molecule has 5 heteroatoms. The minimum Gasteiger partial charge on any atom is -0.507 e. The van der Waals surface area contributed by atoms with Gasteiger partial charge in [0.1, 0.15) is 5.75 Å². The van der Waals surface area contributed by atoms with Crippen LogP contribution in [0.3, 0.4) is 0 Å². The number of nitrogen functional groups attached to an aromatic ring is 1. The number of hydrogen-bond acceptors (Lipinski definition) is 3. The van der Waals surface area contributed by atoms with Gasteiger partial charge in [0.05, 0.1) is 17.6 Å². The maximum atomic E-state index is 9.57. The summed E-state index contributed by atoms with van der Waals surface area (Å²) in [6.45, 7) is 0. The van der Waals surface area contributed by atoms with Gasteiger partial charge in [-0.25, -0.2) is 0 Å². The Kier molecular flexibility index (Phi) is 2.05. The first kappa shape index (κ1) is 8.90. The second-order valence-corrected chi connectivity index (χ2v) is 3.30. The Hall–Kier alpha value is -1.68. The van der Waals surface area contributed by atoms with Crippen LogP contribution in [-0.2, 0) is 0 Å². The molecule has 0 radical (unpaired) electrons. The largest absolute Gasteiger partial charge is 0.507 e. The topological polar surface area (TPSA) is 74.9 Å². The average molecular weight is 210 g/mol. The highest BCUT2D eigenvalue weighted by atomic mass is 35.5. The molecule has 0 aliphatic carbocycles. The highest BCUT2D eigenvalue weighted by molar-refractivity contribution is 6.31. The Labute approximate surface area is 85.3 Å². The highest BCUT2D eigenvalue weighted by Gasteiger charge is 2.09. The van der Waals surface area contributed by atoms with Crippen molar-refractivity contribution in [1.82, 2.24) is 10.2 Å². The molecular formula is C9H8ClN3O. The molecule has 14 heavy (non-hydrogen) atoms. The van der Waals surface area contributed by atoms with Crippen molar-refractivity contribution in [2.75, 3.05) is 5.73 Å². The van der Waals surface area contributed by atoms with E-state index in [2.05, 4.69) is 10.2 Å². The number of H-pyrrole nitrogens is 1. The summed E-state index contributed by atoms with van der Waals surface area (Å²) in [6, 6.07) is 4.74. The molecule has 4 N–H and O–H groups in total. The number of phenols is 1. The number of halogens is 1. The predicted octanol–water partition coefficient (Wildman–Crippen LogP) is 2.02. The SMILES string of the molecule is Nc1cn[nH]c1-c1cc(Cl)ccc1O. The van der Waals surface area contributed by atoms with Gasteiger partial charge in [0.2, 0.25) is 0 Å². The second-order valence-electron chi connectivity index (χ2n) is 2.86. The Morgan fingerprint density at radius 1 is 1.43 bits per heavy atom. The standard InChI is InChI=1S/C9H8ClN3O/c10-5-1-2-8(14)6(3-5)9-7(11)4-12-13-9/h1-4,14H,11H2,(H,12,13). The molecule has 0 fully saturated rings. The van der Waals surface area contributed by atoms with Crippen LogP contribution in [0.5, 0.6) is 5.75 Å². The summed E-state index contributed by atoms with van der Waals surface area (Å²) < 4.78 is 0. The molecule has 1 aromatic heterocycles. The Morgan fingerprint density at radius 2 is 2.21 bits per heavy atom. The molecule has 1 aromatic carbocycles. The maximum Gasteiger partial charge on any atom is 0.125 e. The van der Waals surface area contributed by atoms with Crippen molar-refractivity contribution in [3.8, 4) is 17.0 Å².